The van der Waals surface area contributed by atoms with Crippen molar-refractivity contribution in [3.05, 3.63) is 72.1 Å². The number of nitrogens with one attached hydrogen (secondary N) is 2. The number of benzene rings is 2. The fourth-order valence-electron chi connectivity index (χ4n) is 2.35. The third kappa shape index (κ3) is 2.86. The molecular formula is C18H16N2O2. The number of aromatic nitrogens is 2. The maximum Gasteiger partial charge on any atom is 0.352 e. The van der Waals surface area contributed by atoms with Gasteiger partial charge in [0.2, 0.25) is 0 Å². The number of carbonyl (C=O) groups is 1. The maximum absolute atomic E-state index is 10.5. The van der Waals surface area contributed by atoms with Crippen LogP contribution in [0.4, 0.5) is 0 Å². The predicted molar refractivity (Wildman–Crippen MR) is 88.3 cm³/mol. The maximum atomic E-state index is 10.5. The van der Waals surface area contributed by atoms with Crippen LogP contribution >= 0.6 is 0 Å². The summed E-state index contributed by atoms with van der Waals surface area (Å²) in [5.74, 6) is -0.925. The highest BCUT2D eigenvalue weighted by Gasteiger charge is 2.05. The molecule has 0 unspecified atom stereocenters. The molecule has 0 bridgehead atoms. The molecule has 2 heterocycles. The molecule has 0 aliphatic rings. The van der Waals surface area contributed by atoms with Crippen LogP contribution in [-0.4, -0.2) is 21.0 Å². The number of para-hydroxylation sites is 1. The largest absolute Gasteiger partial charge is 0.477 e. The van der Waals surface area contributed by atoms with Gasteiger partial charge in [-0.05, 0) is 42.1 Å². The van der Waals surface area contributed by atoms with Gasteiger partial charge in [-0.1, -0.05) is 30.3 Å². The van der Waals surface area contributed by atoms with Gasteiger partial charge in [-0.15, -0.1) is 0 Å². The second-order valence-electron chi connectivity index (χ2n) is 5.14. The first-order chi connectivity index (χ1) is 10.6. The molecule has 0 fully saturated rings. The van der Waals surface area contributed by atoms with E-state index in [1.807, 2.05) is 30.5 Å². The number of aromatic amines is 2. The summed E-state index contributed by atoms with van der Waals surface area (Å²) in [6.45, 7) is 2.10. The van der Waals surface area contributed by atoms with E-state index in [9.17, 15) is 4.79 Å². The number of carboxylic acids is 1. The van der Waals surface area contributed by atoms with Crippen molar-refractivity contribution in [2.24, 2.45) is 0 Å². The quantitative estimate of drug-likeness (QED) is 0.488. The first-order valence-electron chi connectivity index (χ1n) is 6.98. The molecule has 0 aliphatic heterocycles. The monoisotopic (exact) mass is 292 g/mol. The summed E-state index contributed by atoms with van der Waals surface area (Å²) < 4.78 is 0. The summed E-state index contributed by atoms with van der Waals surface area (Å²) in [4.78, 5) is 16.5. The van der Waals surface area contributed by atoms with Crippen molar-refractivity contribution in [1.82, 2.24) is 9.97 Å². The Morgan fingerprint density at radius 3 is 2.55 bits per heavy atom. The van der Waals surface area contributed by atoms with Crippen molar-refractivity contribution < 1.29 is 9.90 Å². The zero-order chi connectivity index (χ0) is 15.5. The zero-order valence-corrected chi connectivity index (χ0v) is 12.1. The Kier molecular flexibility index (Phi) is 3.66. The van der Waals surface area contributed by atoms with Gasteiger partial charge in [-0.25, -0.2) is 4.79 Å². The SMILES string of the molecule is Cc1ccc2cc[nH]c2c1.O=C(O)c1cc2ccccc2[nH]1. The van der Waals surface area contributed by atoms with Crippen LogP contribution < -0.4 is 0 Å². The second kappa shape index (κ2) is 5.77. The number of carboxylic acid groups (broad SMARTS) is 1. The molecule has 0 saturated heterocycles. The summed E-state index contributed by atoms with van der Waals surface area (Å²) in [7, 11) is 0. The van der Waals surface area contributed by atoms with Gasteiger partial charge in [0, 0.05) is 22.6 Å². The molecule has 110 valence electrons. The van der Waals surface area contributed by atoms with Crippen LogP contribution in [0.1, 0.15) is 16.1 Å². The lowest BCUT2D eigenvalue weighted by Crippen LogP contribution is -1.94. The van der Waals surface area contributed by atoms with Gasteiger partial charge < -0.3 is 15.1 Å². The minimum atomic E-state index is -0.925. The van der Waals surface area contributed by atoms with Crippen LogP contribution in [0, 0.1) is 6.92 Å². The number of aromatic carboxylic acids is 1. The average molecular weight is 292 g/mol. The van der Waals surface area contributed by atoms with Crippen molar-refractivity contribution in [2.45, 2.75) is 6.92 Å². The van der Waals surface area contributed by atoms with Crippen molar-refractivity contribution in [3.63, 3.8) is 0 Å². The van der Waals surface area contributed by atoms with Crippen LogP contribution in [0.5, 0.6) is 0 Å². The molecule has 4 aromatic rings. The molecule has 2 aromatic carbocycles. The number of fused-ring (bicyclic) bond motifs is 2. The standard InChI is InChI=1S/C9H7NO2.C9H9N/c11-9(12)8-5-6-3-1-2-4-7(6)10-8;1-7-2-3-8-4-5-10-9(8)6-7/h1-5,10H,(H,11,12);2-6,10H,1H3. The van der Waals surface area contributed by atoms with E-state index in [2.05, 4.69) is 41.2 Å². The molecule has 4 heteroatoms. The van der Waals surface area contributed by atoms with E-state index in [1.165, 1.54) is 16.5 Å². The molecule has 4 nitrogen and oxygen atoms in total. The van der Waals surface area contributed by atoms with E-state index < -0.39 is 5.97 Å². The van der Waals surface area contributed by atoms with Crippen LogP contribution in [0.3, 0.4) is 0 Å². The number of hydrogen-bond donors (Lipinski definition) is 3. The van der Waals surface area contributed by atoms with E-state index in [0.29, 0.717) is 0 Å². The molecule has 2 aromatic heterocycles. The Labute approximate surface area is 127 Å². The first-order valence-corrected chi connectivity index (χ1v) is 6.98. The predicted octanol–water partition coefficient (Wildman–Crippen LogP) is 4.34. The number of hydrogen-bond acceptors (Lipinski definition) is 1. The molecule has 0 atom stereocenters. The Morgan fingerprint density at radius 1 is 0.955 bits per heavy atom. The minimum absolute atomic E-state index is 0.233. The molecule has 0 amide bonds. The molecule has 4 rings (SSSR count). The molecule has 0 saturated carbocycles. The van der Waals surface area contributed by atoms with E-state index in [-0.39, 0.29) is 5.69 Å². The number of aryl methyl sites for hydroxylation is 1. The number of rotatable bonds is 1. The van der Waals surface area contributed by atoms with Crippen molar-refractivity contribution >= 4 is 27.8 Å². The van der Waals surface area contributed by atoms with Gasteiger partial charge in [-0.2, -0.15) is 0 Å². The molecule has 0 radical (unpaired) electrons. The van der Waals surface area contributed by atoms with Gasteiger partial charge in [0.05, 0.1) is 0 Å². The molecule has 0 spiro atoms. The summed E-state index contributed by atoms with van der Waals surface area (Å²) in [6.07, 6.45) is 1.96. The van der Waals surface area contributed by atoms with Crippen LogP contribution in [0.2, 0.25) is 0 Å². The Bertz CT molecular complexity index is 901. The summed E-state index contributed by atoms with van der Waals surface area (Å²) in [5.41, 5.74) is 3.61. The third-order valence-electron chi connectivity index (χ3n) is 3.47. The Hall–Kier alpha value is -3.01. The smallest absolute Gasteiger partial charge is 0.352 e. The molecular weight excluding hydrogens is 276 g/mol. The lowest BCUT2D eigenvalue weighted by atomic mass is 10.2. The summed E-state index contributed by atoms with van der Waals surface area (Å²) in [6, 6.07) is 17.6. The minimum Gasteiger partial charge on any atom is -0.477 e. The molecule has 22 heavy (non-hydrogen) atoms. The lowest BCUT2D eigenvalue weighted by molar-refractivity contribution is 0.0691. The highest BCUT2D eigenvalue weighted by molar-refractivity contribution is 5.93. The van der Waals surface area contributed by atoms with Crippen molar-refractivity contribution in [2.75, 3.05) is 0 Å². The van der Waals surface area contributed by atoms with Gasteiger partial charge in [0.15, 0.2) is 0 Å². The normalized spacial score (nSPS) is 10.4. The van der Waals surface area contributed by atoms with E-state index >= 15 is 0 Å². The van der Waals surface area contributed by atoms with Crippen LogP contribution in [0.15, 0.2) is 60.8 Å². The van der Waals surface area contributed by atoms with E-state index in [1.54, 1.807) is 6.07 Å². The highest BCUT2D eigenvalue weighted by atomic mass is 16.4. The van der Waals surface area contributed by atoms with Gasteiger partial charge in [-0.3, -0.25) is 0 Å². The van der Waals surface area contributed by atoms with Crippen LogP contribution in [-0.2, 0) is 0 Å². The first kappa shape index (κ1) is 13.9. The molecule has 0 aliphatic carbocycles. The third-order valence-corrected chi connectivity index (χ3v) is 3.47. The van der Waals surface area contributed by atoms with Crippen molar-refractivity contribution in [1.29, 1.82) is 0 Å². The Morgan fingerprint density at radius 2 is 1.77 bits per heavy atom. The zero-order valence-electron chi connectivity index (χ0n) is 12.1. The molecule has 3 N–H and O–H groups in total. The number of H-pyrrole nitrogens is 2. The van der Waals surface area contributed by atoms with Gasteiger partial charge >= 0.3 is 5.97 Å². The van der Waals surface area contributed by atoms with Gasteiger partial charge in [0.25, 0.3) is 0 Å². The van der Waals surface area contributed by atoms with Crippen LogP contribution in [0.25, 0.3) is 21.8 Å². The van der Waals surface area contributed by atoms with E-state index in [4.69, 9.17) is 5.11 Å². The average Bonchev–Trinajstić information content (AvgIpc) is 3.13. The summed E-state index contributed by atoms with van der Waals surface area (Å²) in [5, 5.41) is 10.9. The Balaban J connectivity index is 0.000000133. The summed E-state index contributed by atoms with van der Waals surface area (Å²) >= 11 is 0. The fraction of sp³-hybridized carbons (Fsp3) is 0.0556. The fourth-order valence-corrected chi connectivity index (χ4v) is 2.35. The topological polar surface area (TPSA) is 68.9 Å². The van der Waals surface area contributed by atoms with Gasteiger partial charge in [0.1, 0.15) is 5.69 Å². The van der Waals surface area contributed by atoms with E-state index in [0.717, 1.165) is 10.9 Å². The second-order valence-corrected chi connectivity index (χ2v) is 5.14. The van der Waals surface area contributed by atoms with Crippen molar-refractivity contribution in [3.8, 4) is 0 Å². The highest BCUT2D eigenvalue weighted by Crippen LogP contribution is 2.14. The lowest BCUT2D eigenvalue weighted by Gasteiger charge is -1.90.